The molecule has 1 aromatic rings. The monoisotopic (exact) mass is 281 g/mol. The van der Waals surface area contributed by atoms with E-state index < -0.39 is 0 Å². The van der Waals surface area contributed by atoms with Crippen LogP contribution in [-0.2, 0) is 4.74 Å². The van der Waals surface area contributed by atoms with Crippen LogP contribution in [0.3, 0.4) is 0 Å². The smallest absolute Gasteiger partial charge is 0.0552 e. The molecule has 1 aromatic carbocycles. The fraction of sp³-hybridized carbons (Fsp3) is 0.625. The van der Waals surface area contributed by atoms with Crippen molar-refractivity contribution in [3.05, 3.63) is 34.9 Å². The number of nitrogens with one attached hydrogen (secondary N) is 1. The van der Waals surface area contributed by atoms with Crippen LogP contribution in [0.5, 0.6) is 0 Å². The van der Waals surface area contributed by atoms with E-state index in [9.17, 15) is 0 Å². The molecule has 19 heavy (non-hydrogen) atoms. The van der Waals surface area contributed by atoms with Crippen LogP contribution in [0.4, 0.5) is 0 Å². The van der Waals surface area contributed by atoms with E-state index in [1.165, 1.54) is 23.1 Å². The Morgan fingerprint density at radius 3 is 2.47 bits per heavy atom. The Labute approximate surface area is 122 Å². The van der Waals surface area contributed by atoms with Crippen molar-refractivity contribution in [1.82, 2.24) is 5.32 Å². The zero-order valence-corrected chi connectivity index (χ0v) is 13.5. The van der Waals surface area contributed by atoms with Crippen molar-refractivity contribution in [2.75, 3.05) is 31.8 Å². The molecule has 0 aliphatic carbocycles. The van der Waals surface area contributed by atoms with Gasteiger partial charge in [0.15, 0.2) is 0 Å². The largest absolute Gasteiger partial charge is 0.384 e. The molecule has 1 unspecified atom stereocenters. The van der Waals surface area contributed by atoms with Crippen molar-refractivity contribution < 1.29 is 4.74 Å². The van der Waals surface area contributed by atoms with Gasteiger partial charge in [-0.05, 0) is 32.4 Å². The number of hydrogen-bond acceptors (Lipinski definition) is 3. The molecule has 1 atom stereocenters. The molecule has 0 heterocycles. The van der Waals surface area contributed by atoms with Crippen molar-refractivity contribution in [3.63, 3.8) is 0 Å². The zero-order valence-electron chi connectivity index (χ0n) is 12.7. The van der Waals surface area contributed by atoms with Crippen LogP contribution in [0.25, 0.3) is 0 Å². The van der Waals surface area contributed by atoms with Gasteiger partial charge in [-0.2, -0.15) is 11.8 Å². The van der Waals surface area contributed by atoms with Crippen molar-refractivity contribution >= 4 is 11.8 Å². The molecular formula is C16H27NOS. The molecule has 0 radical (unpaired) electrons. The van der Waals surface area contributed by atoms with Gasteiger partial charge in [0, 0.05) is 24.7 Å². The second-order valence-electron chi connectivity index (χ2n) is 5.00. The Morgan fingerprint density at radius 2 is 1.89 bits per heavy atom. The highest BCUT2D eigenvalue weighted by Crippen LogP contribution is 2.21. The Hall–Kier alpha value is -0.510. The summed E-state index contributed by atoms with van der Waals surface area (Å²) in [6.07, 6.45) is 1.17. The van der Waals surface area contributed by atoms with Gasteiger partial charge in [0.1, 0.15) is 0 Å². The van der Waals surface area contributed by atoms with Gasteiger partial charge in [0.25, 0.3) is 0 Å². The van der Waals surface area contributed by atoms with Gasteiger partial charge in [0.2, 0.25) is 0 Å². The molecule has 0 spiro atoms. The maximum Gasteiger partial charge on any atom is 0.0552 e. The first-order chi connectivity index (χ1) is 9.17. The third-order valence-corrected chi connectivity index (χ3v) is 4.03. The summed E-state index contributed by atoms with van der Waals surface area (Å²) in [5, 5.41) is 3.66. The summed E-state index contributed by atoms with van der Waals surface area (Å²) in [6, 6.07) is 7.28. The second kappa shape index (κ2) is 9.40. The van der Waals surface area contributed by atoms with Crippen LogP contribution < -0.4 is 5.32 Å². The summed E-state index contributed by atoms with van der Waals surface area (Å²) < 4.78 is 5.11. The lowest BCUT2D eigenvalue weighted by atomic mass is 10.0. The van der Waals surface area contributed by atoms with Crippen LogP contribution >= 0.6 is 11.8 Å². The minimum Gasteiger partial charge on any atom is -0.384 e. The predicted molar refractivity (Wildman–Crippen MR) is 86.2 cm³/mol. The molecule has 0 saturated heterocycles. The summed E-state index contributed by atoms with van der Waals surface area (Å²) in [5.74, 6) is 2.16. The normalized spacial score (nSPS) is 12.6. The number of aryl methyl sites for hydroxylation is 2. The van der Waals surface area contributed by atoms with Gasteiger partial charge < -0.3 is 10.1 Å². The third-order valence-electron chi connectivity index (χ3n) is 3.00. The standard InChI is InChI=1S/C16H27NOS/c1-5-6-17-16(12-19-8-7-18-4)15-10-13(2)9-14(3)11-15/h9-11,16-17H,5-8,12H2,1-4H3. The minimum atomic E-state index is 0.445. The maximum absolute atomic E-state index is 5.11. The molecule has 3 heteroatoms. The van der Waals surface area contributed by atoms with Crippen LogP contribution in [0.1, 0.15) is 36.1 Å². The summed E-state index contributed by atoms with van der Waals surface area (Å²) in [5.41, 5.74) is 4.11. The number of benzene rings is 1. The highest BCUT2D eigenvalue weighted by Gasteiger charge is 2.11. The SMILES string of the molecule is CCCNC(CSCCOC)c1cc(C)cc(C)c1. The van der Waals surface area contributed by atoms with Gasteiger partial charge in [-0.25, -0.2) is 0 Å². The molecule has 0 amide bonds. The molecule has 1 N–H and O–H groups in total. The van der Waals surface area contributed by atoms with Crippen molar-refractivity contribution in [3.8, 4) is 0 Å². The first-order valence-corrected chi connectivity index (χ1v) is 8.21. The van der Waals surface area contributed by atoms with E-state index in [-0.39, 0.29) is 0 Å². The molecule has 0 aliphatic heterocycles. The van der Waals surface area contributed by atoms with E-state index in [0.717, 1.165) is 24.7 Å². The van der Waals surface area contributed by atoms with Crippen LogP contribution in [-0.4, -0.2) is 31.8 Å². The van der Waals surface area contributed by atoms with E-state index in [1.807, 2.05) is 11.8 Å². The average molecular weight is 281 g/mol. The van der Waals surface area contributed by atoms with E-state index in [0.29, 0.717) is 6.04 Å². The highest BCUT2D eigenvalue weighted by molar-refractivity contribution is 7.99. The van der Waals surface area contributed by atoms with Crippen molar-refractivity contribution in [1.29, 1.82) is 0 Å². The van der Waals surface area contributed by atoms with E-state index in [1.54, 1.807) is 7.11 Å². The van der Waals surface area contributed by atoms with Crippen LogP contribution in [0.15, 0.2) is 18.2 Å². The van der Waals surface area contributed by atoms with Crippen LogP contribution in [0, 0.1) is 13.8 Å². The van der Waals surface area contributed by atoms with Crippen molar-refractivity contribution in [2.24, 2.45) is 0 Å². The lowest BCUT2D eigenvalue weighted by Crippen LogP contribution is -2.24. The Balaban J connectivity index is 2.65. The first kappa shape index (κ1) is 16.5. The van der Waals surface area contributed by atoms with Gasteiger partial charge in [-0.3, -0.25) is 0 Å². The topological polar surface area (TPSA) is 21.3 Å². The molecule has 1 rings (SSSR count). The van der Waals surface area contributed by atoms with Crippen molar-refractivity contribution in [2.45, 2.75) is 33.2 Å². The molecule has 0 aromatic heterocycles. The van der Waals surface area contributed by atoms with Gasteiger partial charge in [-0.15, -0.1) is 0 Å². The quantitative estimate of drug-likeness (QED) is 0.697. The molecule has 0 saturated carbocycles. The third kappa shape index (κ3) is 6.46. The minimum absolute atomic E-state index is 0.445. The molecular weight excluding hydrogens is 254 g/mol. The lowest BCUT2D eigenvalue weighted by molar-refractivity contribution is 0.218. The Morgan fingerprint density at radius 1 is 1.21 bits per heavy atom. The van der Waals surface area contributed by atoms with Gasteiger partial charge in [0.05, 0.1) is 6.61 Å². The number of thioether (sulfide) groups is 1. The summed E-state index contributed by atoms with van der Waals surface area (Å²) in [7, 11) is 1.76. The first-order valence-electron chi connectivity index (χ1n) is 7.05. The Bertz CT molecular complexity index is 348. The molecule has 2 nitrogen and oxygen atoms in total. The van der Waals surface area contributed by atoms with E-state index in [4.69, 9.17) is 4.74 Å². The summed E-state index contributed by atoms with van der Waals surface area (Å²) in [6.45, 7) is 8.46. The Kier molecular flexibility index (Phi) is 8.19. The number of ether oxygens (including phenoxy) is 1. The van der Waals surface area contributed by atoms with E-state index >= 15 is 0 Å². The predicted octanol–water partition coefficient (Wildman–Crippen LogP) is 3.72. The summed E-state index contributed by atoms with van der Waals surface area (Å²) in [4.78, 5) is 0. The maximum atomic E-state index is 5.11. The highest BCUT2D eigenvalue weighted by atomic mass is 32.2. The molecule has 0 fully saturated rings. The average Bonchev–Trinajstić information content (AvgIpc) is 2.36. The lowest BCUT2D eigenvalue weighted by Gasteiger charge is -2.20. The molecule has 0 aliphatic rings. The number of methoxy groups -OCH3 is 1. The number of hydrogen-bond donors (Lipinski definition) is 1. The molecule has 0 bridgehead atoms. The fourth-order valence-electron chi connectivity index (χ4n) is 2.15. The fourth-order valence-corrected chi connectivity index (χ4v) is 3.14. The van der Waals surface area contributed by atoms with Gasteiger partial charge >= 0.3 is 0 Å². The number of rotatable bonds is 9. The zero-order chi connectivity index (χ0) is 14.1. The summed E-state index contributed by atoms with van der Waals surface area (Å²) >= 11 is 1.96. The van der Waals surface area contributed by atoms with Gasteiger partial charge in [-0.1, -0.05) is 36.2 Å². The second-order valence-corrected chi connectivity index (χ2v) is 6.15. The molecule has 108 valence electrons. The van der Waals surface area contributed by atoms with Crippen LogP contribution in [0.2, 0.25) is 0 Å². The van der Waals surface area contributed by atoms with E-state index in [2.05, 4.69) is 44.3 Å².